The number of rotatable bonds is 4. The molecule has 0 aromatic carbocycles. The Kier molecular flexibility index (Phi) is 3.64. The van der Waals surface area contributed by atoms with Gasteiger partial charge in [-0.1, -0.05) is 6.92 Å². The van der Waals surface area contributed by atoms with E-state index in [1.165, 1.54) is 0 Å². The van der Waals surface area contributed by atoms with Crippen molar-refractivity contribution < 1.29 is 4.79 Å². The van der Waals surface area contributed by atoms with Gasteiger partial charge in [-0.25, -0.2) is 0 Å². The molecule has 0 bridgehead atoms. The molecule has 1 rings (SSSR count). The second-order valence-electron chi connectivity index (χ2n) is 3.25. The average Bonchev–Trinajstić information content (AvgIpc) is 2.61. The molecule has 5 nitrogen and oxygen atoms in total. The standard InChI is InChI=1S/C9H16N4O/c1-3-7(5-10)11-9(14)8-4-6(2)12-13-8/h4,7H,3,5,10H2,1-2H3,(H,11,14)(H,12,13). The van der Waals surface area contributed by atoms with Crippen LogP contribution in [-0.4, -0.2) is 28.7 Å². The van der Waals surface area contributed by atoms with Gasteiger partial charge >= 0.3 is 0 Å². The third-order valence-electron chi connectivity index (χ3n) is 2.05. The molecule has 0 aliphatic heterocycles. The summed E-state index contributed by atoms with van der Waals surface area (Å²) in [6.45, 7) is 4.28. The molecule has 1 aromatic rings. The van der Waals surface area contributed by atoms with E-state index in [2.05, 4.69) is 15.5 Å². The monoisotopic (exact) mass is 196 g/mol. The Morgan fingerprint density at radius 3 is 2.93 bits per heavy atom. The Hall–Kier alpha value is -1.36. The van der Waals surface area contributed by atoms with Crippen LogP contribution in [0.15, 0.2) is 6.07 Å². The number of aromatic nitrogens is 2. The van der Waals surface area contributed by atoms with Gasteiger partial charge in [-0.05, 0) is 19.4 Å². The quantitative estimate of drug-likeness (QED) is 0.642. The number of nitrogens with two attached hydrogens (primary N) is 1. The molecule has 0 saturated carbocycles. The van der Waals surface area contributed by atoms with Crippen molar-refractivity contribution in [2.75, 3.05) is 6.54 Å². The van der Waals surface area contributed by atoms with Crippen molar-refractivity contribution in [2.24, 2.45) is 5.73 Å². The molecule has 0 aliphatic carbocycles. The van der Waals surface area contributed by atoms with Crippen LogP contribution in [0.25, 0.3) is 0 Å². The van der Waals surface area contributed by atoms with Crippen molar-refractivity contribution >= 4 is 5.91 Å². The van der Waals surface area contributed by atoms with E-state index in [1.807, 2.05) is 13.8 Å². The zero-order valence-corrected chi connectivity index (χ0v) is 8.50. The second kappa shape index (κ2) is 4.76. The minimum absolute atomic E-state index is 0.0273. The van der Waals surface area contributed by atoms with Crippen molar-refractivity contribution in [3.8, 4) is 0 Å². The highest BCUT2D eigenvalue weighted by atomic mass is 16.2. The van der Waals surface area contributed by atoms with E-state index in [9.17, 15) is 4.79 Å². The Morgan fingerprint density at radius 1 is 1.79 bits per heavy atom. The van der Waals surface area contributed by atoms with E-state index in [4.69, 9.17) is 5.73 Å². The van der Waals surface area contributed by atoms with E-state index in [0.717, 1.165) is 12.1 Å². The molecule has 78 valence electrons. The number of nitrogens with one attached hydrogen (secondary N) is 2. The maximum absolute atomic E-state index is 11.5. The minimum atomic E-state index is -0.174. The number of H-pyrrole nitrogens is 1. The molecule has 1 atom stereocenters. The van der Waals surface area contributed by atoms with Crippen LogP contribution < -0.4 is 11.1 Å². The van der Waals surface area contributed by atoms with Crippen LogP contribution in [0.1, 0.15) is 29.5 Å². The van der Waals surface area contributed by atoms with E-state index in [0.29, 0.717) is 12.2 Å². The molecule has 0 spiro atoms. The fourth-order valence-electron chi connectivity index (χ4n) is 1.12. The Labute approximate surface area is 83.1 Å². The van der Waals surface area contributed by atoms with Gasteiger partial charge in [-0.15, -0.1) is 0 Å². The van der Waals surface area contributed by atoms with Gasteiger partial charge < -0.3 is 11.1 Å². The molecule has 1 unspecified atom stereocenters. The van der Waals surface area contributed by atoms with Crippen LogP contribution >= 0.6 is 0 Å². The predicted molar refractivity (Wildman–Crippen MR) is 53.9 cm³/mol. The third-order valence-corrected chi connectivity index (χ3v) is 2.05. The Bertz CT molecular complexity index is 304. The zero-order chi connectivity index (χ0) is 10.6. The Balaban J connectivity index is 2.58. The number of carbonyl (C=O) groups is 1. The van der Waals surface area contributed by atoms with Crippen LogP contribution in [0, 0.1) is 6.92 Å². The van der Waals surface area contributed by atoms with Crippen LogP contribution in [0.4, 0.5) is 0 Å². The van der Waals surface area contributed by atoms with Crippen molar-refractivity contribution in [2.45, 2.75) is 26.3 Å². The lowest BCUT2D eigenvalue weighted by Crippen LogP contribution is -2.39. The number of nitrogens with zero attached hydrogens (tertiary/aromatic N) is 1. The molecular weight excluding hydrogens is 180 g/mol. The summed E-state index contributed by atoms with van der Waals surface area (Å²) in [5.74, 6) is -0.174. The van der Waals surface area contributed by atoms with Gasteiger partial charge in [0.15, 0.2) is 0 Å². The first-order chi connectivity index (χ1) is 6.67. The van der Waals surface area contributed by atoms with Crippen LogP contribution in [0.5, 0.6) is 0 Å². The zero-order valence-electron chi connectivity index (χ0n) is 8.50. The number of aromatic amines is 1. The molecule has 1 aromatic heterocycles. The molecule has 1 heterocycles. The molecule has 0 saturated heterocycles. The molecular formula is C9H16N4O. The van der Waals surface area contributed by atoms with Crippen LogP contribution in [0.3, 0.4) is 0 Å². The number of hydrogen-bond donors (Lipinski definition) is 3. The topological polar surface area (TPSA) is 83.8 Å². The first-order valence-electron chi connectivity index (χ1n) is 4.70. The Morgan fingerprint density at radius 2 is 2.50 bits per heavy atom. The molecule has 14 heavy (non-hydrogen) atoms. The third kappa shape index (κ3) is 2.56. The van der Waals surface area contributed by atoms with Gasteiger partial charge in [-0.3, -0.25) is 9.89 Å². The number of aryl methyl sites for hydroxylation is 1. The van der Waals surface area contributed by atoms with Crippen molar-refractivity contribution in [1.82, 2.24) is 15.5 Å². The van der Waals surface area contributed by atoms with Gasteiger partial charge in [0, 0.05) is 18.3 Å². The number of amides is 1. The van der Waals surface area contributed by atoms with Crippen molar-refractivity contribution in [1.29, 1.82) is 0 Å². The summed E-state index contributed by atoms with van der Waals surface area (Å²) in [6, 6.07) is 1.73. The van der Waals surface area contributed by atoms with E-state index < -0.39 is 0 Å². The van der Waals surface area contributed by atoms with Crippen LogP contribution in [-0.2, 0) is 0 Å². The summed E-state index contributed by atoms with van der Waals surface area (Å²) < 4.78 is 0. The summed E-state index contributed by atoms with van der Waals surface area (Å²) in [7, 11) is 0. The van der Waals surface area contributed by atoms with E-state index >= 15 is 0 Å². The maximum Gasteiger partial charge on any atom is 0.272 e. The van der Waals surface area contributed by atoms with Gasteiger partial charge in [0.1, 0.15) is 5.69 Å². The fraction of sp³-hybridized carbons (Fsp3) is 0.556. The maximum atomic E-state index is 11.5. The minimum Gasteiger partial charge on any atom is -0.347 e. The predicted octanol–water partition coefficient (Wildman–Crippen LogP) is 0.185. The summed E-state index contributed by atoms with van der Waals surface area (Å²) >= 11 is 0. The largest absolute Gasteiger partial charge is 0.347 e. The summed E-state index contributed by atoms with van der Waals surface area (Å²) in [4.78, 5) is 11.5. The van der Waals surface area contributed by atoms with E-state index in [-0.39, 0.29) is 11.9 Å². The van der Waals surface area contributed by atoms with Gasteiger partial charge in [0.2, 0.25) is 0 Å². The molecule has 0 radical (unpaired) electrons. The van der Waals surface area contributed by atoms with Gasteiger partial charge in [-0.2, -0.15) is 5.10 Å². The molecule has 1 amide bonds. The first-order valence-corrected chi connectivity index (χ1v) is 4.70. The van der Waals surface area contributed by atoms with E-state index in [1.54, 1.807) is 6.07 Å². The lowest BCUT2D eigenvalue weighted by Gasteiger charge is -2.12. The van der Waals surface area contributed by atoms with Gasteiger partial charge in [0.25, 0.3) is 5.91 Å². The number of carbonyl (C=O) groups excluding carboxylic acids is 1. The average molecular weight is 196 g/mol. The highest BCUT2D eigenvalue weighted by Gasteiger charge is 2.12. The molecule has 0 fully saturated rings. The number of hydrogen-bond acceptors (Lipinski definition) is 3. The molecule has 4 N–H and O–H groups in total. The van der Waals surface area contributed by atoms with Gasteiger partial charge in [0.05, 0.1) is 0 Å². The first kappa shape index (κ1) is 10.7. The smallest absolute Gasteiger partial charge is 0.272 e. The summed E-state index contributed by atoms with van der Waals surface area (Å²) in [5, 5.41) is 9.38. The van der Waals surface area contributed by atoms with Crippen molar-refractivity contribution in [3.05, 3.63) is 17.5 Å². The lowest BCUT2D eigenvalue weighted by atomic mass is 10.2. The second-order valence-corrected chi connectivity index (χ2v) is 3.25. The summed E-state index contributed by atoms with van der Waals surface area (Å²) in [5.41, 5.74) is 6.75. The van der Waals surface area contributed by atoms with Crippen LogP contribution in [0.2, 0.25) is 0 Å². The summed E-state index contributed by atoms with van der Waals surface area (Å²) in [6.07, 6.45) is 0.825. The fourth-order valence-corrected chi connectivity index (χ4v) is 1.12. The SMILES string of the molecule is CCC(CN)NC(=O)c1cc(C)[nH]n1. The highest BCUT2D eigenvalue weighted by Crippen LogP contribution is 1.98. The lowest BCUT2D eigenvalue weighted by molar-refractivity contribution is 0.0932. The highest BCUT2D eigenvalue weighted by molar-refractivity contribution is 5.92. The molecule has 5 heteroatoms. The normalized spacial score (nSPS) is 12.5. The van der Waals surface area contributed by atoms with Crippen molar-refractivity contribution in [3.63, 3.8) is 0 Å². The molecule has 0 aliphatic rings.